The fraction of sp³-hybridized carbons (Fsp3) is 0.222. The third-order valence-corrected chi connectivity index (χ3v) is 3.75. The van der Waals surface area contributed by atoms with Crippen LogP contribution < -0.4 is 0 Å². The molecule has 0 spiro atoms. The normalized spacial score (nSPS) is 11.5. The molecule has 0 aliphatic rings. The highest BCUT2D eigenvalue weighted by atomic mass is 16.6. The van der Waals surface area contributed by atoms with Crippen LogP contribution in [0.3, 0.4) is 0 Å². The van der Waals surface area contributed by atoms with Gasteiger partial charge in [0.2, 0.25) is 5.89 Å². The van der Waals surface area contributed by atoms with Crippen LogP contribution in [0, 0.1) is 10.1 Å². The molecule has 24 heavy (non-hydrogen) atoms. The van der Waals surface area contributed by atoms with E-state index < -0.39 is 4.92 Å². The average Bonchev–Trinajstić information content (AvgIpc) is 3.04. The Labute approximate surface area is 139 Å². The summed E-state index contributed by atoms with van der Waals surface area (Å²) < 4.78 is 5.65. The third-order valence-electron chi connectivity index (χ3n) is 3.75. The van der Waals surface area contributed by atoms with E-state index in [1.54, 1.807) is 18.2 Å². The van der Waals surface area contributed by atoms with Crippen molar-refractivity contribution in [2.24, 2.45) is 0 Å². The van der Waals surface area contributed by atoms with E-state index >= 15 is 0 Å². The molecule has 0 saturated carbocycles. The Morgan fingerprint density at radius 3 is 2.21 bits per heavy atom. The molecule has 0 amide bonds. The summed E-state index contributed by atoms with van der Waals surface area (Å²) in [6.07, 6.45) is 0. The molecule has 0 bridgehead atoms. The number of benzene rings is 2. The number of rotatable bonds is 3. The van der Waals surface area contributed by atoms with E-state index in [2.05, 4.69) is 31.0 Å². The van der Waals surface area contributed by atoms with Crippen molar-refractivity contribution < 1.29 is 9.34 Å². The minimum atomic E-state index is -0.461. The predicted octanol–water partition coefficient (Wildman–Crippen LogP) is 4.61. The van der Waals surface area contributed by atoms with Crippen LogP contribution in [0.25, 0.3) is 22.9 Å². The fourth-order valence-corrected chi connectivity index (χ4v) is 2.38. The molecular formula is C18H17N3O3. The first-order chi connectivity index (χ1) is 11.4. The highest BCUT2D eigenvalue weighted by molar-refractivity contribution is 5.67. The van der Waals surface area contributed by atoms with E-state index in [1.165, 1.54) is 11.6 Å². The maximum Gasteiger partial charge on any atom is 0.282 e. The zero-order chi connectivity index (χ0) is 17.3. The number of para-hydroxylation sites is 1. The molecule has 3 aromatic rings. The number of nitrogens with zero attached hydrogens (tertiary/aromatic N) is 3. The van der Waals surface area contributed by atoms with Crippen LogP contribution in [0.4, 0.5) is 5.69 Å². The van der Waals surface area contributed by atoms with E-state index in [4.69, 9.17) is 4.42 Å². The SMILES string of the molecule is CC(C)(C)c1ccc(-c2nnc(-c3ccccc3[N+](=O)[O-])o2)cc1. The molecule has 0 aliphatic carbocycles. The first-order valence-corrected chi connectivity index (χ1v) is 7.54. The van der Waals surface area contributed by atoms with Gasteiger partial charge in [-0.05, 0) is 29.2 Å². The minimum absolute atomic E-state index is 0.0587. The smallest absolute Gasteiger partial charge is 0.282 e. The van der Waals surface area contributed by atoms with Gasteiger partial charge in [0.1, 0.15) is 5.56 Å². The Balaban J connectivity index is 1.96. The highest BCUT2D eigenvalue weighted by Crippen LogP contribution is 2.31. The maximum absolute atomic E-state index is 11.1. The van der Waals surface area contributed by atoms with Crippen molar-refractivity contribution in [3.63, 3.8) is 0 Å². The van der Waals surface area contributed by atoms with Crippen molar-refractivity contribution in [2.45, 2.75) is 26.2 Å². The zero-order valence-corrected chi connectivity index (χ0v) is 13.7. The van der Waals surface area contributed by atoms with Gasteiger partial charge in [-0.1, -0.05) is 45.0 Å². The molecule has 0 atom stereocenters. The Morgan fingerprint density at radius 2 is 1.58 bits per heavy atom. The molecule has 6 nitrogen and oxygen atoms in total. The lowest BCUT2D eigenvalue weighted by Gasteiger charge is -2.18. The Bertz CT molecular complexity index is 877. The van der Waals surface area contributed by atoms with Gasteiger partial charge in [0.05, 0.1) is 4.92 Å². The Hall–Kier alpha value is -3.02. The van der Waals surface area contributed by atoms with Gasteiger partial charge in [-0.15, -0.1) is 10.2 Å². The van der Waals surface area contributed by atoms with Crippen molar-refractivity contribution in [3.05, 3.63) is 64.2 Å². The summed E-state index contributed by atoms with van der Waals surface area (Å²) in [4.78, 5) is 10.7. The van der Waals surface area contributed by atoms with Gasteiger partial charge < -0.3 is 4.42 Å². The van der Waals surface area contributed by atoms with Crippen molar-refractivity contribution in [1.82, 2.24) is 10.2 Å². The largest absolute Gasteiger partial charge is 0.416 e. The molecule has 122 valence electrons. The molecule has 3 rings (SSSR count). The molecule has 1 heterocycles. The molecular weight excluding hydrogens is 306 g/mol. The quantitative estimate of drug-likeness (QED) is 0.519. The summed E-state index contributed by atoms with van der Waals surface area (Å²) in [5, 5.41) is 19.1. The molecule has 0 aliphatic heterocycles. The van der Waals surface area contributed by atoms with Gasteiger partial charge >= 0.3 is 0 Å². The number of nitro benzene ring substituents is 1. The molecule has 0 fully saturated rings. The molecule has 1 aromatic heterocycles. The molecule has 0 unspecified atom stereocenters. The van der Waals surface area contributed by atoms with Gasteiger partial charge in [0, 0.05) is 11.6 Å². The second kappa shape index (κ2) is 5.88. The van der Waals surface area contributed by atoms with Crippen LogP contribution in [0.2, 0.25) is 0 Å². The first kappa shape index (κ1) is 15.9. The monoisotopic (exact) mass is 323 g/mol. The Morgan fingerprint density at radius 1 is 0.958 bits per heavy atom. The minimum Gasteiger partial charge on any atom is -0.416 e. The van der Waals surface area contributed by atoms with E-state index in [1.807, 2.05) is 24.3 Å². The van der Waals surface area contributed by atoms with E-state index in [-0.39, 0.29) is 17.0 Å². The zero-order valence-electron chi connectivity index (χ0n) is 13.7. The van der Waals surface area contributed by atoms with Crippen LogP contribution >= 0.6 is 0 Å². The molecule has 0 radical (unpaired) electrons. The lowest BCUT2D eigenvalue weighted by atomic mass is 9.87. The van der Waals surface area contributed by atoms with Crippen molar-refractivity contribution in [1.29, 1.82) is 0 Å². The van der Waals surface area contributed by atoms with Gasteiger partial charge in [-0.2, -0.15) is 0 Å². The summed E-state index contributed by atoms with van der Waals surface area (Å²) in [6.45, 7) is 6.42. The molecule has 6 heteroatoms. The summed E-state index contributed by atoms with van der Waals surface area (Å²) in [5.41, 5.74) is 2.29. The maximum atomic E-state index is 11.1. The molecule has 2 aromatic carbocycles. The summed E-state index contributed by atoms with van der Waals surface area (Å²) in [7, 11) is 0. The molecule has 0 N–H and O–H groups in total. The van der Waals surface area contributed by atoms with E-state index in [0.29, 0.717) is 11.5 Å². The van der Waals surface area contributed by atoms with Crippen LogP contribution in [0.1, 0.15) is 26.3 Å². The van der Waals surface area contributed by atoms with Crippen molar-refractivity contribution in [2.75, 3.05) is 0 Å². The summed E-state index contributed by atoms with van der Waals surface area (Å²) in [6, 6.07) is 14.2. The topological polar surface area (TPSA) is 82.1 Å². The van der Waals surface area contributed by atoms with Crippen LogP contribution in [-0.4, -0.2) is 15.1 Å². The van der Waals surface area contributed by atoms with Crippen LogP contribution in [0.5, 0.6) is 0 Å². The summed E-state index contributed by atoms with van der Waals surface area (Å²) in [5.74, 6) is 0.473. The number of hydrogen-bond acceptors (Lipinski definition) is 5. The number of nitro groups is 1. The molecule has 0 saturated heterocycles. The standard InChI is InChI=1S/C18H17N3O3/c1-18(2,3)13-10-8-12(9-11-13)16-19-20-17(24-16)14-6-4-5-7-15(14)21(22)23/h4-11H,1-3H3. The average molecular weight is 323 g/mol. The summed E-state index contributed by atoms with van der Waals surface area (Å²) >= 11 is 0. The number of hydrogen-bond donors (Lipinski definition) is 0. The van der Waals surface area contributed by atoms with E-state index in [0.717, 1.165) is 5.56 Å². The van der Waals surface area contributed by atoms with Gasteiger partial charge in [0.15, 0.2) is 0 Å². The predicted molar refractivity (Wildman–Crippen MR) is 90.5 cm³/mol. The number of aromatic nitrogens is 2. The third kappa shape index (κ3) is 3.03. The second-order valence-corrected chi connectivity index (χ2v) is 6.51. The van der Waals surface area contributed by atoms with Crippen LogP contribution in [0.15, 0.2) is 52.9 Å². The van der Waals surface area contributed by atoms with Crippen LogP contribution in [-0.2, 0) is 5.41 Å². The first-order valence-electron chi connectivity index (χ1n) is 7.54. The van der Waals surface area contributed by atoms with Crippen molar-refractivity contribution in [3.8, 4) is 22.9 Å². The van der Waals surface area contributed by atoms with Gasteiger partial charge in [-0.3, -0.25) is 10.1 Å². The lowest BCUT2D eigenvalue weighted by Crippen LogP contribution is -2.10. The van der Waals surface area contributed by atoms with Gasteiger partial charge in [0.25, 0.3) is 11.6 Å². The Kier molecular flexibility index (Phi) is 3.89. The van der Waals surface area contributed by atoms with Crippen molar-refractivity contribution >= 4 is 5.69 Å². The second-order valence-electron chi connectivity index (χ2n) is 6.51. The fourth-order valence-electron chi connectivity index (χ4n) is 2.38. The van der Waals surface area contributed by atoms with Gasteiger partial charge in [-0.25, -0.2) is 0 Å². The van der Waals surface area contributed by atoms with E-state index in [9.17, 15) is 10.1 Å². The lowest BCUT2D eigenvalue weighted by molar-refractivity contribution is -0.384. The highest BCUT2D eigenvalue weighted by Gasteiger charge is 2.20.